The molecule has 0 radical (unpaired) electrons. The first kappa shape index (κ1) is 31.8. The van der Waals surface area contributed by atoms with Crippen molar-refractivity contribution in [2.45, 2.75) is 27.7 Å². The van der Waals surface area contributed by atoms with Crippen LogP contribution in [0.4, 0.5) is 0 Å². The van der Waals surface area contributed by atoms with Crippen molar-refractivity contribution in [3.05, 3.63) is 117 Å². The topological polar surface area (TPSA) is 39.1 Å². The fourth-order valence-corrected chi connectivity index (χ4v) is 14.2. The molecule has 7 aromatic heterocycles. The standard InChI is InChI=1S/C38H23Cl2NO2S6/c1-16-10-12-23(44-16)26-28-30(39)19(4)47-35(28)27(24-13-11-17(2)45-24)29-31(40)34(49-36(26)29)25-15-22-33(48-25)32-21(14-18(3)46-32)37(42)41(38(22)43)20-8-6-5-7-9-20/h5-15H,1-4H3. The lowest BCUT2D eigenvalue weighted by atomic mass is 9.99. The summed E-state index contributed by atoms with van der Waals surface area (Å²) in [5, 5.41) is 4.58. The molecule has 0 fully saturated rings. The normalized spacial score (nSPS) is 12.0. The van der Waals surface area contributed by atoms with Crippen molar-refractivity contribution >= 4 is 132 Å². The molecule has 0 saturated carbocycles. The summed E-state index contributed by atoms with van der Waals surface area (Å²) in [7, 11) is 0. The molecule has 0 atom stereocenters. The Morgan fingerprint density at radius 2 is 1.10 bits per heavy atom. The average molecular weight is 789 g/mol. The van der Waals surface area contributed by atoms with Crippen LogP contribution in [0.25, 0.3) is 76.7 Å². The van der Waals surface area contributed by atoms with Crippen LogP contribution >= 0.6 is 91.2 Å². The van der Waals surface area contributed by atoms with Crippen LogP contribution in [0, 0.1) is 27.7 Å². The second-order valence-electron chi connectivity index (χ2n) is 11.9. The van der Waals surface area contributed by atoms with Crippen molar-refractivity contribution in [2.24, 2.45) is 0 Å². The van der Waals surface area contributed by atoms with Gasteiger partial charge in [-0.1, -0.05) is 41.4 Å². The average Bonchev–Trinajstić information content (AvgIpc) is 3.93. The van der Waals surface area contributed by atoms with E-state index in [1.165, 1.54) is 25.7 Å². The third-order valence-electron chi connectivity index (χ3n) is 8.69. The number of nitrogens with zero attached hydrogens (tertiary/aromatic N) is 1. The molecule has 11 heteroatoms. The number of aromatic nitrogens is 1. The van der Waals surface area contributed by atoms with Crippen LogP contribution in [-0.2, 0) is 0 Å². The van der Waals surface area contributed by atoms with Gasteiger partial charge in [-0.3, -0.25) is 9.59 Å². The van der Waals surface area contributed by atoms with E-state index in [9.17, 15) is 9.59 Å². The molecule has 0 aliphatic heterocycles. The molecule has 0 spiro atoms. The number of para-hydroxylation sites is 1. The van der Waals surface area contributed by atoms with Gasteiger partial charge in [0.1, 0.15) is 0 Å². The number of hydrogen-bond donors (Lipinski definition) is 0. The van der Waals surface area contributed by atoms with Gasteiger partial charge in [-0.25, -0.2) is 4.57 Å². The number of thiophene rings is 6. The van der Waals surface area contributed by atoms with Crippen molar-refractivity contribution in [1.82, 2.24) is 4.57 Å². The summed E-state index contributed by atoms with van der Waals surface area (Å²) < 4.78 is 5.16. The number of aryl methyl sites for hydroxylation is 4. The van der Waals surface area contributed by atoms with Crippen molar-refractivity contribution < 1.29 is 0 Å². The SMILES string of the molecule is Cc1ccc(-c2c3sc(-c4cc5c(=O)n(-c6ccccc6)c(=O)c6cc(C)sc6c5s4)c(Cl)c3c(-c3ccc(C)s3)c3sc(C)c(Cl)c23)s1. The number of halogens is 2. The molecule has 0 bridgehead atoms. The summed E-state index contributed by atoms with van der Waals surface area (Å²) in [4.78, 5) is 36.9. The Hall–Kier alpha value is -3.12. The molecule has 9 aromatic rings. The minimum atomic E-state index is -0.334. The smallest absolute Gasteiger partial charge is 0.266 e. The van der Waals surface area contributed by atoms with E-state index in [1.54, 1.807) is 68.8 Å². The quantitative estimate of drug-likeness (QED) is 0.178. The summed E-state index contributed by atoms with van der Waals surface area (Å²) >= 11 is 24.8. The van der Waals surface area contributed by atoms with E-state index >= 15 is 0 Å². The largest absolute Gasteiger partial charge is 0.268 e. The number of benzene rings is 2. The second-order valence-corrected chi connectivity index (χ2v) is 19.8. The van der Waals surface area contributed by atoms with E-state index in [0.29, 0.717) is 21.5 Å². The predicted octanol–water partition coefficient (Wildman–Crippen LogP) is 13.7. The molecular weight excluding hydrogens is 766 g/mol. The highest BCUT2D eigenvalue weighted by Gasteiger charge is 2.29. The van der Waals surface area contributed by atoms with Crippen LogP contribution in [0.15, 0.2) is 76.3 Å². The summed E-state index contributed by atoms with van der Waals surface area (Å²) in [5.74, 6) is 0. The first-order valence-corrected chi connectivity index (χ1v) is 20.9. The van der Waals surface area contributed by atoms with Crippen LogP contribution in [-0.4, -0.2) is 4.57 Å². The zero-order chi connectivity index (χ0) is 33.9. The van der Waals surface area contributed by atoms with Crippen LogP contribution in [0.5, 0.6) is 0 Å². The lowest BCUT2D eigenvalue weighted by Crippen LogP contribution is -2.28. The minimum absolute atomic E-state index is 0.306. The van der Waals surface area contributed by atoms with Gasteiger partial charge in [0.25, 0.3) is 11.1 Å². The number of hydrogen-bond acceptors (Lipinski definition) is 8. The van der Waals surface area contributed by atoms with Gasteiger partial charge in [0, 0.05) is 65.4 Å². The Balaban J connectivity index is 1.43. The van der Waals surface area contributed by atoms with E-state index in [2.05, 4.69) is 45.0 Å². The molecule has 7 heterocycles. The molecule has 0 N–H and O–H groups in total. The first-order chi connectivity index (χ1) is 23.6. The van der Waals surface area contributed by atoms with Gasteiger partial charge in [-0.05, 0) is 76.2 Å². The molecule has 0 aliphatic carbocycles. The number of fused-ring (bicyclic) bond motifs is 5. The van der Waals surface area contributed by atoms with E-state index in [4.69, 9.17) is 23.2 Å². The molecular formula is C38H23Cl2NO2S6. The van der Waals surface area contributed by atoms with Crippen LogP contribution in [0.3, 0.4) is 0 Å². The zero-order valence-corrected chi connectivity index (χ0v) is 32.7. The summed E-state index contributed by atoms with van der Waals surface area (Å²) in [6, 6.07) is 21.7. The monoisotopic (exact) mass is 787 g/mol. The molecule has 49 heavy (non-hydrogen) atoms. The third-order valence-corrected chi connectivity index (χ3v) is 16.7. The Kier molecular flexibility index (Phi) is 7.61. The lowest BCUT2D eigenvalue weighted by molar-refractivity contribution is 0.976. The maximum absolute atomic E-state index is 14.4. The van der Waals surface area contributed by atoms with Crippen molar-refractivity contribution in [1.29, 1.82) is 0 Å². The van der Waals surface area contributed by atoms with Crippen LogP contribution < -0.4 is 11.1 Å². The molecule has 0 saturated heterocycles. The Morgan fingerprint density at radius 3 is 1.71 bits per heavy atom. The zero-order valence-electron chi connectivity index (χ0n) is 26.3. The minimum Gasteiger partial charge on any atom is -0.268 e. The maximum Gasteiger partial charge on any atom is 0.266 e. The fourth-order valence-electron chi connectivity index (χ4n) is 6.54. The van der Waals surface area contributed by atoms with Crippen LogP contribution in [0.2, 0.25) is 10.0 Å². The first-order valence-electron chi connectivity index (χ1n) is 15.3. The van der Waals surface area contributed by atoms with Crippen molar-refractivity contribution in [3.63, 3.8) is 0 Å². The van der Waals surface area contributed by atoms with E-state index in [1.807, 2.05) is 37.3 Å². The molecule has 9 rings (SSSR count). The molecule has 3 nitrogen and oxygen atoms in total. The summed E-state index contributed by atoms with van der Waals surface area (Å²) in [5.41, 5.74) is 2.13. The van der Waals surface area contributed by atoms with Gasteiger partial charge in [-0.2, -0.15) is 0 Å². The highest BCUT2D eigenvalue weighted by Crippen LogP contribution is 2.58. The van der Waals surface area contributed by atoms with Gasteiger partial charge >= 0.3 is 0 Å². The molecule has 0 unspecified atom stereocenters. The van der Waals surface area contributed by atoms with Gasteiger partial charge < -0.3 is 0 Å². The summed E-state index contributed by atoms with van der Waals surface area (Å²) in [6.45, 7) is 8.33. The van der Waals surface area contributed by atoms with Crippen molar-refractivity contribution in [2.75, 3.05) is 0 Å². The maximum atomic E-state index is 14.4. The van der Waals surface area contributed by atoms with E-state index < -0.39 is 0 Å². The van der Waals surface area contributed by atoms with Gasteiger partial charge in [0.15, 0.2) is 0 Å². The van der Waals surface area contributed by atoms with Gasteiger partial charge in [-0.15, -0.1) is 68.0 Å². The van der Waals surface area contributed by atoms with Gasteiger partial charge in [0.05, 0.1) is 40.8 Å². The summed E-state index contributed by atoms with van der Waals surface area (Å²) in [6.07, 6.45) is 0. The van der Waals surface area contributed by atoms with Crippen LogP contribution in [0.1, 0.15) is 19.5 Å². The van der Waals surface area contributed by atoms with Gasteiger partial charge in [0.2, 0.25) is 0 Å². The van der Waals surface area contributed by atoms with Crippen molar-refractivity contribution in [3.8, 4) is 36.3 Å². The highest BCUT2D eigenvalue weighted by atomic mass is 35.5. The Labute approximate surface area is 314 Å². The lowest BCUT2D eigenvalue weighted by Gasteiger charge is -2.10. The molecule has 2 aromatic carbocycles. The van der Waals surface area contributed by atoms with E-state index in [0.717, 1.165) is 75.0 Å². The van der Waals surface area contributed by atoms with E-state index in [-0.39, 0.29) is 11.1 Å². The fraction of sp³-hybridized carbons (Fsp3) is 0.105. The Morgan fingerprint density at radius 1 is 0.531 bits per heavy atom. The second kappa shape index (κ2) is 11.7. The molecule has 0 aliphatic rings. The molecule has 242 valence electrons. The molecule has 0 amide bonds. The number of rotatable bonds is 4. The third kappa shape index (κ3) is 4.82. The predicted molar refractivity (Wildman–Crippen MR) is 221 cm³/mol. The highest BCUT2D eigenvalue weighted by molar-refractivity contribution is 7.32. The Bertz CT molecular complexity index is 2910.